The van der Waals surface area contributed by atoms with Crippen molar-refractivity contribution in [3.05, 3.63) is 23.8 Å². The minimum absolute atomic E-state index is 0.399. The van der Waals surface area contributed by atoms with Gasteiger partial charge in [-0.2, -0.15) is 0 Å². The monoisotopic (exact) mass is 177 g/mol. The lowest BCUT2D eigenvalue weighted by atomic mass is 10.0. The van der Waals surface area contributed by atoms with Gasteiger partial charge < -0.3 is 10.5 Å². The first-order chi connectivity index (χ1) is 6.29. The molecule has 0 bridgehead atoms. The van der Waals surface area contributed by atoms with Crippen molar-refractivity contribution >= 4 is 5.69 Å². The largest absolute Gasteiger partial charge is 0.490 e. The maximum absolute atomic E-state index is 5.78. The first kappa shape index (κ1) is 8.42. The second-order valence-corrected chi connectivity index (χ2v) is 3.55. The molecule has 2 rings (SSSR count). The van der Waals surface area contributed by atoms with E-state index in [0.29, 0.717) is 6.10 Å². The molecular weight excluding hydrogens is 162 g/mol. The van der Waals surface area contributed by atoms with Crippen LogP contribution in [0.15, 0.2) is 18.2 Å². The summed E-state index contributed by atoms with van der Waals surface area (Å²) >= 11 is 0. The molecule has 1 aromatic rings. The Morgan fingerprint density at radius 2 is 2.38 bits per heavy atom. The van der Waals surface area contributed by atoms with Crippen molar-refractivity contribution in [2.75, 3.05) is 5.73 Å². The van der Waals surface area contributed by atoms with Gasteiger partial charge >= 0.3 is 0 Å². The maximum Gasteiger partial charge on any atom is 0.123 e. The minimum atomic E-state index is 0.399. The molecule has 1 aliphatic heterocycles. The highest BCUT2D eigenvalue weighted by atomic mass is 16.5. The summed E-state index contributed by atoms with van der Waals surface area (Å²) in [4.78, 5) is 0. The van der Waals surface area contributed by atoms with Gasteiger partial charge in [0.25, 0.3) is 0 Å². The van der Waals surface area contributed by atoms with E-state index in [1.807, 2.05) is 18.2 Å². The molecule has 0 fully saturated rings. The van der Waals surface area contributed by atoms with E-state index in [1.165, 1.54) is 5.56 Å². The molecule has 70 valence electrons. The van der Waals surface area contributed by atoms with Crippen LogP contribution in [0.4, 0.5) is 5.69 Å². The van der Waals surface area contributed by atoms with E-state index in [-0.39, 0.29) is 0 Å². The molecule has 0 unspecified atom stereocenters. The highest BCUT2D eigenvalue weighted by molar-refractivity contribution is 5.48. The van der Waals surface area contributed by atoms with Crippen LogP contribution in [0.5, 0.6) is 5.75 Å². The summed E-state index contributed by atoms with van der Waals surface area (Å²) in [6, 6.07) is 5.89. The highest BCUT2D eigenvalue weighted by Gasteiger charge is 2.17. The molecular formula is C11H15NO. The molecule has 1 atom stereocenters. The van der Waals surface area contributed by atoms with Gasteiger partial charge in [-0.15, -0.1) is 0 Å². The maximum atomic E-state index is 5.78. The Labute approximate surface area is 78.7 Å². The molecule has 1 aliphatic rings. The standard InChI is InChI=1S/C11H15NO/c1-2-10-5-3-8-7-9(12)4-6-11(8)13-10/h4,6-7,10H,2-3,5,12H2,1H3/t10-/m1/s1. The summed E-state index contributed by atoms with van der Waals surface area (Å²) in [5.74, 6) is 1.02. The van der Waals surface area contributed by atoms with E-state index in [1.54, 1.807) is 0 Å². The number of hydrogen-bond donors (Lipinski definition) is 1. The highest BCUT2D eigenvalue weighted by Crippen LogP contribution is 2.29. The van der Waals surface area contributed by atoms with Crippen LogP contribution in [0.3, 0.4) is 0 Å². The third kappa shape index (κ3) is 1.62. The Morgan fingerprint density at radius 1 is 1.54 bits per heavy atom. The van der Waals surface area contributed by atoms with Crippen LogP contribution >= 0.6 is 0 Å². The minimum Gasteiger partial charge on any atom is -0.490 e. The summed E-state index contributed by atoms with van der Waals surface area (Å²) in [5.41, 5.74) is 7.78. The first-order valence-electron chi connectivity index (χ1n) is 4.84. The molecule has 1 heterocycles. The number of nitrogens with two attached hydrogens (primary N) is 1. The summed E-state index contributed by atoms with van der Waals surface area (Å²) in [6.07, 6.45) is 3.70. The Morgan fingerprint density at radius 3 is 3.15 bits per heavy atom. The average molecular weight is 177 g/mol. The van der Waals surface area contributed by atoms with Crippen LogP contribution in [-0.4, -0.2) is 6.10 Å². The van der Waals surface area contributed by atoms with Crippen molar-refractivity contribution in [1.29, 1.82) is 0 Å². The Hall–Kier alpha value is -1.18. The predicted molar refractivity (Wildman–Crippen MR) is 53.9 cm³/mol. The number of nitrogen functional groups attached to an aromatic ring is 1. The van der Waals surface area contributed by atoms with Crippen LogP contribution in [0, 0.1) is 0 Å². The number of aryl methyl sites for hydroxylation is 1. The summed E-state index contributed by atoms with van der Waals surface area (Å²) in [7, 11) is 0. The Bertz CT molecular complexity index is 309. The number of benzene rings is 1. The van der Waals surface area contributed by atoms with Gasteiger partial charge in [0.05, 0.1) is 6.10 Å². The van der Waals surface area contributed by atoms with E-state index >= 15 is 0 Å². The van der Waals surface area contributed by atoms with Crippen LogP contribution < -0.4 is 10.5 Å². The van der Waals surface area contributed by atoms with Gasteiger partial charge in [0, 0.05) is 5.69 Å². The molecule has 2 nitrogen and oxygen atoms in total. The zero-order valence-electron chi connectivity index (χ0n) is 7.92. The topological polar surface area (TPSA) is 35.2 Å². The molecule has 1 aromatic carbocycles. The van der Waals surface area contributed by atoms with Gasteiger partial charge in [-0.05, 0) is 43.0 Å². The number of rotatable bonds is 1. The number of fused-ring (bicyclic) bond motifs is 1. The molecule has 0 spiro atoms. The normalized spacial score (nSPS) is 20.5. The molecule has 0 saturated heterocycles. The Balaban J connectivity index is 2.26. The van der Waals surface area contributed by atoms with Gasteiger partial charge in [0.1, 0.15) is 5.75 Å². The molecule has 0 amide bonds. The molecule has 2 N–H and O–H groups in total. The van der Waals surface area contributed by atoms with E-state index in [2.05, 4.69) is 6.92 Å². The molecule has 0 aromatic heterocycles. The lowest BCUT2D eigenvalue weighted by molar-refractivity contribution is 0.169. The van der Waals surface area contributed by atoms with Crippen LogP contribution in [0.1, 0.15) is 25.3 Å². The summed E-state index contributed by atoms with van der Waals surface area (Å²) in [5, 5.41) is 0. The first-order valence-corrected chi connectivity index (χ1v) is 4.84. The lowest BCUT2D eigenvalue weighted by Crippen LogP contribution is -2.21. The predicted octanol–water partition coefficient (Wildman–Crippen LogP) is 2.37. The van der Waals surface area contributed by atoms with Crippen molar-refractivity contribution in [3.8, 4) is 5.75 Å². The van der Waals surface area contributed by atoms with E-state index in [0.717, 1.165) is 30.7 Å². The number of hydrogen-bond acceptors (Lipinski definition) is 2. The number of anilines is 1. The second kappa shape index (κ2) is 3.29. The average Bonchev–Trinajstić information content (AvgIpc) is 2.17. The molecule has 13 heavy (non-hydrogen) atoms. The van der Waals surface area contributed by atoms with Crippen molar-refractivity contribution in [1.82, 2.24) is 0 Å². The molecule has 0 radical (unpaired) electrons. The van der Waals surface area contributed by atoms with E-state index in [4.69, 9.17) is 10.5 Å². The van der Waals surface area contributed by atoms with E-state index < -0.39 is 0 Å². The second-order valence-electron chi connectivity index (χ2n) is 3.55. The summed E-state index contributed by atoms with van der Waals surface area (Å²) in [6.45, 7) is 2.16. The van der Waals surface area contributed by atoms with Crippen LogP contribution in [-0.2, 0) is 6.42 Å². The van der Waals surface area contributed by atoms with Gasteiger partial charge in [-0.25, -0.2) is 0 Å². The fraction of sp³-hybridized carbons (Fsp3) is 0.455. The van der Waals surface area contributed by atoms with Crippen molar-refractivity contribution in [2.24, 2.45) is 0 Å². The van der Waals surface area contributed by atoms with Crippen LogP contribution in [0.2, 0.25) is 0 Å². The molecule has 2 heteroatoms. The van der Waals surface area contributed by atoms with Gasteiger partial charge in [-0.1, -0.05) is 6.92 Å². The zero-order chi connectivity index (χ0) is 9.26. The summed E-state index contributed by atoms with van der Waals surface area (Å²) < 4.78 is 5.78. The van der Waals surface area contributed by atoms with Crippen molar-refractivity contribution in [2.45, 2.75) is 32.3 Å². The van der Waals surface area contributed by atoms with Crippen molar-refractivity contribution in [3.63, 3.8) is 0 Å². The van der Waals surface area contributed by atoms with Crippen LogP contribution in [0.25, 0.3) is 0 Å². The van der Waals surface area contributed by atoms with Crippen molar-refractivity contribution < 1.29 is 4.74 Å². The fourth-order valence-corrected chi connectivity index (χ4v) is 1.75. The SMILES string of the molecule is CC[C@@H]1CCc2cc(N)ccc2O1. The number of ether oxygens (including phenoxy) is 1. The zero-order valence-corrected chi connectivity index (χ0v) is 7.92. The van der Waals surface area contributed by atoms with Gasteiger partial charge in [0.15, 0.2) is 0 Å². The smallest absolute Gasteiger partial charge is 0.123 e. The quantitative estimate of drug-likeness (QED) is 0.668. The fourth-order valence-electron chi connectivity index (χ4n) is 1.75. The third-order valence-corrected chi connectivity index (χ3v) is 2.57. The third-order valence-electron chi connectivity index (χ3n) is 2.57. The lowest BCUT2D eigenvalue weighted by Gasteiger charge is -2.25. The van der Waals surface area contributed by atoms with E-state index in [9.17, 15) is 0 Å². The molecule has 0 aliphatic carbocycles. The molecule has 0 saturated carbocycles. The Kier molecular flexibility index (Phi) is 2.13. The van der Waals surface area contributed by atoms with Gasteiger partial charge in [-0.3, -0.25) is 0 Å². The van der Waals surface area contributed by atoms with Gasteiger partial charge in [0.2, 0.25) is 0 Å².